The third-order valence-electron chi connectivity index (χ3n) is 3.38. The molecule has 0 spiro atoms. The van der Waals surface area contributed by atoms with Crippen LogP contribution in [0.3, 0.4) is 0 Å². The molecule has 1 aromatic carbocycles. The lowest BCUT2D eigenvalue weighted by molar-refractivity contribution is 0.0243. The third-order valence-corrected chi connectivity index (χ3v) is 3.38. The fourth-order valence-corrected chi connectivity index (χ4v) is 2.37. The Morgan fingerprint density at radius 2 is 2.15 bits per heavy atom. The average Bonchev–Trinajstić information content (AvgIpc) is 2.46. The molecule has 0 aromatic heterocycles. The molecule has 2 N–H and O–H groups in total. The second kappa shape index (κ2) is 7.25. The number of benzene rings is 1. The highest BCUT2D eigenvalue weighted by molar-refractivity contribution is 5.34. The summed E-state index contributed by atoms with van der Waals surface area (Å²) in [6.07, 6.45) is 0.935. The van der Waals surface area contributed by atoms with Crippen LogP contribution in [0.15, 0.2) is 24.3 Å². The van der Waals surface area contributed by atoms with E-state index in [1.165, 1.54) is 0 Å². The number of hydrogen-bond acceptors (Lipinski definition) is 5. The molecule has 0 bridgehead atoms. The summed E-state index contributed by atoms with van der Waals surface area (Å²) in [7, 11) is 0. The van der Waals surface area contributed by atoms with Crippen LogP contribution in [0.1, 0.15) is 18.4 Å². The Morgan fingerprint density at radius 3 is 2.80 bits per heavy atom. The number of likely N-dealkylation sites (tertiary alicyclic amines) is 1. The maximum Gasteiger partial charge on any atom is 0.119 e. The highest BCUT2D eigenvalue weighted by Crippen LogP contribution is 2.13. The van der Waals surface area contributed by atoms with E-state index in [9.17, 15) is 10.2 Å². The van der Waals surface area contributed by atoms with Gasteiger partial charge in [0.1, 0.15) is 18.5 Å². The Bertz CT molecular complexity index is 455. The van der Waals surface area contributed by atoms with E-state index in [0.717, 1.165) is 19.4 Å². The maximum absolute atomic E-state index is 9.95. The predicted molar refractivity (Wildman–Crippen MR) is 74.3 cm³/mol. The number of aliphatic hydroxyl groups excluding tert-OH is 2. The summed E-state index contributed by atoms with van der Waals surface area (Å²) in [5, 5.41) is 28.2. The first-order valence-electron chi connectivity index (χ1n) is 6.89. The largest absolute Gasteiger partial charge is 0.491 e. The molecule has 1 aromatic rings. The Balaban J connectivity index is 1.74. The number of ether oxygens (including phenoxy) is 1. The lowest BCUT2D eigenvalue weighted by atomic mass is 10.1. The smallest absolute Gasteiger partial charge is 0.119 e. The first-order chi connectivity index (χ1) is 9.67. The number of rotatable bonds is 5. The zero-order chi connectivity index (χ0) is 14.4. The van der Waals surface area contributed by atoms with Crippen LogP contribution in [0.4, 0.5) is 0 Å². The van der Waals surface area contributed by atoms with Gasteiger partial charge in [-0.25, -0.2) is 0 Å². The van der Waals surface area contributed by atoms with Crippen molar-refractivity contribution in [3.63, 3.8) is 0 Å². The zero-order valence-corrected chi connectivity index (χ0v) is 11.4. The van der Waals surface area contributed by atoms with E-state index in [0.29, 0.717) is 24.4 Å². The number of piperidine rings is 1. The highest BCUT2D eigenvalue weighted by Gasteiger charge is 2.20. The van der Waals surface area contributed by atoms with Crippen LogP contribution in [0.2, 0.25) is 0 Å². The number of aliphatic hydroxyl groups is 2. The summed E-state index contributed by atoms with van der Waals surface area (Å²) in [5.74, 6) is 0.640. The Morgan fingerprint density at radius 1 is 1.40 bits per heavy atom. The van der Waals surface area contributed by atoms with Gasteiger partial charge in [-0.15, -0.1) is 0 Å². The molecule has 0 aliphatic carbocycles. The fraction of sp³-hybridized carbons (Fsp3) is 0.533. The van der Waals surface area contributed by atoms with Gasteiger partial charge in [0, 0.05) is 13.1 Å². The summed E-state index contributed by atoms with van der Waals surface area (Å²) < 4.78 is 5.49. The molecule has 5 heteroatoms. The van der Waals surface area contributed by atoms with Crippen LogP contribution in [-0.4, -0.2) is 53.6 Å². The number of nitrogens with zero attached hydrogens (tertiary/aromatic N) is 2. The van der Waals surface area contributed by atoms with E-state index < -0.39 is 6.10 Å². The topological polar surface area (TPSA) is 76.7 Å². The van der Waals surface area contributed by atoms with E-state index in [1.54, 1.807) is 24.3 Å². The summed E-state index contributed by atoms with van der Waals surface area (Å²) in [4.78, 5) is 2.06. The van der Waals surface area contributed by atoms with E-state index in [2.05, 4.69) is 4.90 Å². The molecule has 108 valence electrons. The summed E-state index contributed by atoms with van der Waals surface area (Å²) in [6.45, 7) is 2.24. The number of hydrogen-bond donors (Lipinski definition) is 2. The Kier molecular flexibility index (Phi) is 5.36. The number of nitriles is 1. The minimum atomic E-state index is -0.587. The molecule has 1 heterocycles. The molecular weight excluding hydrogens is 256 g/mol. The van der Waals surface area contributed by atoms with Crippen molar-refractivity contribution in [1.29, 1.82) is 5.26 Å². The van der Waals surface area contributed by atoms with Crippen LogP contribution in [-0.2, 0) is 0 Å². The molecule has 1 aliphatic rings. The van der Waals surface area contributed by atoms with Gasteiger partial charge in [0.2, 0.25) is 0 Å². The number of β-amino-alcohol motifs (C(OH)–C–C–N with tert-alkyl or cyclic N) is 2. The van der Waals surface area contributed by atoms with Crippen molar-refractivity contribution >= 4 is 0 Å². The van der Waals surface area contributed by atoms with Crippen LogP contribution < -0.4 is 4.74 Å². The van der Waals surface area contributed by atoms with Gasteiger partial charge in [-0.3, -0.25) is 4.90 Å². The molecule has 0 saturated carbocycles. The van der Waals surface area contributed by atoms with Gasteiger partial charge in [-0.2, -0.15) is 5.26 Å². The van der Waals surface area contributed by atoms with Crippen molar-refractivity contribution < 1.29 is 14.9 Å². The Labute approximate surface area is 119 Å². The first kappa shape index (κ1) is 14.8. The SMILES string of the molecule is N#Cc1ccc(OC[C@@H](O)CN2CCC[C@@H](O)C2)cc1. The average molecular weight is 276 g/mol. The molecule has 2 atom stereocenters. The molecule has 0 amide bonds. The van der Waals surface area contributed by atoms with Gasteiger partial charge in [0.05, 0.1) is 17.7 Å². The standard InChI is InChI=1S/C15H20N2O3/c16-8-12-3-5-15(6-4-12)20-11-14(19)10-17-7-1-2-13(18)9-17/h3-6,13-14,18-19H,1-2,7,9-11H2/t13-,14+/m1/s1. The van der Waals surface area contributed by atoms with Crippen molar-refractivity contribution in [1.82, 2.24) is 4.90 Å². The minimum Gasteiger partial charge on any atom is -0.491 e. The maximum atomic E-state index is 9.95. The van der Waals surface area contributed by atoms with Crippen molar-refractivity contribution in [2.24, 2.45) is 0 Å². The van der Waals surface area contributed by atoms with E-state index in [4.69, 9.17) is 10.00 Å². The molecule has 1 saturated heterocycles. The van der Waals surface area contributed by atoms with Gasteiger partial charge >= 0.3 is 0 Å². The van der Waals surface area contributed by atoms with Gasteiger partial charge in [-0.1, -0.05) is 0 Å². The monoisotopic (exact) mass is 276 g/mol. The molecule has 1 fully saturated rings. The Hall–Kier alpha value is -1.61. The van der Waals surface area contributed by atoms with E-state index in [1.807, 2.05) is 6.07 Å². The molecule has 0 unspecified atom stereocenters. The molecule has 0 radical (unpaired) electrons. The molecule has 5 nitrogen and oxygen atoms in total. The van der Waals surface area contributed by atoms with Crippen molar-refractivity contribution in [3.05, 3.63) is 29.8 Å². The lowest BCUT2D eigenvalue weighted by Gasteiger charge is -2.31. The van der Waals surface area contributed by atoms with Crippen molar-refractivity contribution in [2.45, 2.75) is 25.0 Å². The normalized spacial score (nSPS) is 21.1. The minimum absolute atomic E-state index is 0.207. The van der Waals surface area contributed by atoms with Gasteiger partial charge in [0.15, 0.2) is 0 Å². The zero-order valence-electron chi connectivity index (χ0n) is 11.4. The van der Waals surface area contributed by atoms with Crippen LogP contribution in [0, 0.1) is 11.3 Å². The van der Waals surface area contributed by atoms with E-state index >= 15 is 0 Å². The summed E-state index contributed by atoms with van der Waals surface area (Å²) in [6, 6.07) is 8.84. The lowest BCUT2D eigenvalue weighted by Crippen LogP contribution is -2.43. The predicted octanol–water partition coefficient (Wildman–Crippen LogP) is 0.755. The summed E-state index contributed by atoms with van der Waals surface area (Å²) >= 11 is 0. The third kappa shape index (κ3) is 4.49. The first-order valence-corrected chi connectivity index (χ1v) is 6.89. The van der Waals surface area contributed by atoms with Gasteiger partial charge < -0.3 is 14.9 Å². The molecule has 1 aliphatic heterocycles. The van der Waals surface area contributed by atoms with Crippen LogP contribution >= 0.6 is 0 Å². The van der Waals surface area contributed by atoms with Gasteiger partial charge in [0.25, 0.3) is 0 Å². The fourth-order valence-electron chi connectivity index (χ4n) is 2.37. The quantitative estimate of drug-likeness (QED) is 0.830. The molecule has 2 rings (SSSR count). The van der Waals surface area contributed by atoms with Crippen molar-refractivity contribution in [2.75, 3.05) is 26.2 Å². The van der Waals surface area contributed by atoms with Crippen LogP contribution in [0.25, 0.3) is 0 Å². The van der Waals surface area contributed by atoms with Crippen LogP contribution in [0.5, 0.6) is 5.75 Å². The van der Waals surface area contributed by atoms with Crippen molar-refractivity contribution in [3.8, 4) is 11.8 Å². The molecular formula is C15H20N2O3. The molecule has 20 heavy (non-hydrogen) atoms. The van der Waals surface area contributed by atoms with E-state index in [-0.39, 0.29) is 12.7 Å². The highest BCUT2D eigenvalue weighted by atomic mass is 16.5. The van der Waals surface area contributed by atoms with Gasteiger partial charge in [-0.05, 0) is 43.7 Å². The second-order valence-corrected chi connectivity index (χ2v) is 5.16. The second-order valence-electron chi connectivity index (χ2n) is 5.16. The summed E-state index contributed by atoms with van der Waals surface area (Å²) in [5.41, 5.74) is 0.584.